The molecule has 120 valence electrons. The number of hydrogen-bond acceptors (Lipinski definition) is 4. The molecular formula is C17H18ClN3O2. The molecule has 0 unspecified atom stereocenters. The first kappa shape index (κ1) is 16.8. The molecule has 0 radical (unpaired) electrons. The summed E-state index contributed by atoms with van der Waals surface area (Å²) in [6.45, 7) is 2.14. The van der Waals surface area contributed by atoms with Crippen LogP contribution in [-0.4, -0.2) is 25.8 Å². The number of ether oxygens (including phenoxy) is 1. The number of nitrogens with zero attached hydrogens (tertiary/aromatic N) is 1. The van der Waals surface area contributed by atoms with Crippen molar-refractivity contribution in [3.8, 4) is 5.75 Å². The van der Waals surface area contributed by atoms with Crippen molar-refractivity contribution >= 4 is 29.4 Å². The molecule has 0 aliphatic heterocycles. The molecule has 1 amide bonds. The van der Waals surface area contributed by atoms with Crippen LogP contribution in [0.5, 0.6) is 5.75 Å². The average molecular weight is 332 g/mol. The van der Waals surface area contributed by atoms with Crippen molar-refractivity contribution in [1.82, 2.24) is 5.43 Å². The van der Waals surface area contributed by atoms with Crippen LogP contribution in [0.1, 0.15) is 11.1 Å². The Kier molecular flexibility index (Phi) is 6.00. The molecule has 2 rings (SSSR count). The van der Waals surface area contributed by atoms with E-state index in [1.807, 2.05) is 31.2 Å². The topological polar surface area (TPSA) is 62.7 Å². The third-order valence-electron chi connectivity index (χ3n) is 3.05. The van der Waals surface area contributed by atoms with E-state index in [1.165, 1.54) is 6.21 Å². The monoisotopic (exact) mass is 331 g/mol. The van der Waals surface area contributed by atoms with E-state index in [-0.39, 0.29) is 12.5 Å². The van der Waals surface area contributed by atoms with Gasteiger partial charge in [0.15, 0.2) is 0 Å². The zero-order valence-corrected chi connectivity index (χ0v) is 13.7. The number of carbonyl (C=O) groups is 1. The highest BCUT2D eigenvalue weighted by molar-refractivity contribution is 6.32. The molecule has 2 aromatic rings. The number of rotatable bonds is 6. The fourth-order valence-electron chi connectivity index (χ4n) is 1.92. The van der Waals surface area contributed by atoms with E-state index >= 15 is 0 Å². The number of aryl methyl sites for hydroxylation is 1. The van der Waals surface area contributed by atoms with E-state index < -0.39 is 0 Å². The molecule has 5 nitrogen and oxygen atoms in total. The van der Waals surface area contributed by atoms with Gasteiger partial charge in [-0.15, -0.1) is 0 Å². The number of benzene rings is 2. The van der Waals surface area contributed by atoms with Crippen LogP contribution in [0, 0.1) is 6.92 Å². The Balaban J connectivity index is 1.83. The molecule has 0 saturated carbocycles. The number of halogens is 1. The van der Waals surface area contributed by atoms with Crippen molar-refractivity contribution < 1.29 is 9.53 Å². The lowest BCUT2D eigenvalue weighted by atomic mass is 10.2. The van der Waals surface area contributed by atoms with E-state index in [2.05, 4.69) is 15.8 Å². The Labute approximate surface area is 140 Å². The Hall–Kier alpha value is -2.53. The summed E-state index contributed by atoms with van der Waals surface area (Å²) in [6, 6.07) is 13.0. The summed E-state index contributed by atoms with van der Waals surface area (Å²) in [5, 5.41) is 7.43. The highest BCUT2D eigenvalue weighted by atomic mass is 35.5. The van der Waals surface area contributed by atoms with Crippen molar-refractivity contribution in [3.05, 3.63) is 58.6 Å². The minimum atomic E-state index is -0.234. The van der Waals surface area contributed by atoms with Crippen LogP contribution >= 0.6 is 11.6 Å². The lowest BCUT2D eigenvalue weighted by Gasteiger charge is -2.06. The Morgan fingerprint density at radius 2 is 2.13 bits per heavy atom. The normalized spacial score (nSPS) is 10.6. The van der Waals surface area contributed by atoms with Crippen molar-refractivity contribution in [2.24, 2.45) is 5.10 Å². The van der Waals surface area contributed by atoms with E-state index in [0.717, 1.165) is 16.8 Å². The Morgan fingerprint density at radius 3 is 2.83 bits per heavy atom. The van der Waals surface area contributed by atoms with Crippen LogP contribution in [-0.2, 0) is 4.79 Å². The van der Waals surface area contributed by atoms with Gasteiger partial charge in [-0.05, 0) is 48.4 Å². The predicted molar refractivity (Wildman–Crippen MR) is 93.4 cm³/mol. The van der Waals surface area contributed by atoms with Crippen molar-refractivity contribution in [3.63, 3.8) is 0 Å². The van der Waals surface area contributed by atoms with Crippen LogP contribution in [0.4, 0.5) is 5.69 Å². The molecule has 0 heterocycles. The van der Waals surface area contributed by atoms with Crippen molar-refractivity contribution in [1.29, 1.82) is 0 Å². The molecule has 0 aromatic heterocycles. The first-order chi connectivity index (χ1) is 11.1. The molecule has 0 aliphatic rings. The maximum Gasteiger partial charge on any atom is 0.259 e. The van der Waals surface area contributed by atoms with Crippen molar-refractivity contribution in [2.45, 2.75) is 6.92 Å². The maximum absolute atomic E-state index is 11.7. The SMILES string of the molecule is COc1ccc(/C=N/NC(=O)CNc2cccc(C)c2)cc1Cl. The molecule has 0 fully saturated rings. The number of anilines is 1. The molecule has 0 spiro atoms. The summed E-state index contributed by atoms with van der Waals surface area (Å²) in [6.07, 6.45) is 1.52. The van der Waals surface area contributed by atoms with Gasteiger partial charge in [0.1, 0.15) is 5.75 Å². The molecule has 2 N–H and O–H groups in total. The quantitative estimate of drug-likeness (QED) is 0.631. The van der Waals surface area contributed by atoms with Gasteiger partial charge in [-0.1, -0.05) is 23.7 Å². The zero-order chi connectivity index (χ0) is 16.7. The van der Waals surface area contributed by atoms with E-state index in [0.29, 0.717) is 10.8 Å². The minimum absolute atomic E-state index is 0.143. The van der Waals surface area contributed by atoms with Crippen LogP contribution in [0.15, 0.2) is 47.6 Å². The second kappa shape index (κ2) is 8.19. The highest BCUT2D eigenvalue weighted by Crippen LogP contribution is 2.24. The molecule has 0 aliphatic carbocycles. The summed E-state index contributed by atoms with van der Waals surface area (Å²) >= 11 is 6.02. The number of nitrogens with one attached hydrogen (secondary N) is 2. The van der Waals surface area contributed by atoms with Crippen LogP contribution in [0.3, 0.4) is 0 Å². The number of carbonyl (C=O) groups excluding carboxylic acids is 1. The third kappa shape index (κ3) is 5.30. The number of methoxy groups -OCH3 is 1. The zero-order valence-electron chi connectivity index (χ0n) is 13.0. The summed E-state index contributed by atoms with van der Waals surface area (Å²) in [5.74, 6) is 0.359. The van der Waals surface area contributed by atoms with Gasteiger partial charge in [-0.3, -0.25) is 4.79 Å². The van der Waals surface area contributed by atoms with Gasteiger partial charge in [0.05, 0.1) is 24.9 Å². The second-order valence-electron chi connectivity index (χ2n) is 4.91. The first-order valence-corrected chi connectivity index (χ1v) is 7.42. The largest absolute Gasteiger partial charge is 0.495 e. The first-order valence-electron chi connectivity index (χ1n) is 7.04. The number of hydrazone groups is 1. The van der Waals surface area contributed by atoms with Gasteiger partial charge in [0.25, 0.3) is 5.91 Å². The average Bonchev–Trinajstić information content (AvgIpc) is 2.53. The van der Waals surface area contributed by atoms with E-state index in [4.69, 9.17) is 16.3 Å². The van der Waals surface area contributed by atoms with Crippen LogP contribution in [0.2, 0.25) is 5.02 Å². The Bertz CT molecular complexity index is 717. The van der Waals surface area contributed by atoms with Crippen LogP contribution < -0.4 is 15.5 Å². The smallest absolute Gasteiger partial charge is 0.259 e. The molecule has 2 aromatic carbocycles. The lowest BCUT2D eigenvalue weighted by molar-refractivity contribution is -0.119. The van der Waals surface area contributed by atoms with E-state index in [1.54, 1.807) is 25.3 Å². The summed E-state index contributed by atoms with van der Waals surface area (Å²) in [7, 11) is 1.55. The Morgan fingerprint density at radius 1 is 1.30 bits per heavy atom. The standard InChI is InChI=1S/C17H18ClN3O2/c1-12-4-3-5-14(8-12)19-11-17(22)21-20-10-13-6-7-16(23-2)15(18)9-13/h3-10,19H,11H2,1-2H3,(H,21,22)/b20-10+. The summed E-state index contributed by atoms with van der Waals surface area (Å²) in [4.78, 5) is 11.7. The highest BCUT2D eigenvalue weighted by Gasteiger charge is 2.01. The van der Waals surface area contributed by atoms with Gasteiger partial charge in [-0.25, -0.2) is 5.43 Å². The van der Waals surface area contributed by atoms with Gasteiger partial charge >= 0.3 is 0 Å². The molecular weight excluding hydrogens is 314 g/mol. The van der Waals surface area contributed by atoms with Crippen LogP contribution in [0.25, 0.3) is 0 Å². The van der Waals surface area contributed by atoms with Crippen molar-refractivity contribution in [2.75, 3.05) is 19.0 Å². The van der Waals surface area contributed by atoms with Gasteiger partial charge in [-0.2, -0.15) is 5.10 Å². The third-order valence-corrected chi connectivity index (χ3v) is 3.35. The molecule has 0 bridgehead atoms. The predicted octanol–water partition coefficient (Wildman–Crippen LogP) is 3.22. The maximum atomic E-state index is 11.7. The minimum Gasteiger partial charge on any atom is -0.495 e. The fraction of sp³-hybridized carbons (Fsp3) is 0.176. The fourth-order valence-corrected chi connectivity index (χ4v) is 2.18. The second-order valence-corrected chi connectivity index (χ2v) is 5.32. The summed E-state index contributed by atoms with van der Waals surface area (Å²) < 4.78 is 5.07. The molecule has 0 atom stereocenters. The number of hydrogen-bond donors (Lipinski definition) is 2. The van der Waals surface area contributed by atoms with E-state index in [9.17, 15) is 4.79 Å². The molecule has 6 heteroatoms. The van der Waals surface area contributed by atoms with Gasteiger partial charge in [0, 0.05) is 5.69 Å². The molecule has 23 heavy (non-hydrogen) atoms. The molecule has 0 saturated heterocycles. The number of amides is 1. The lowest BCUT2D eigenvalue weighted by Crippen LogP contribution is -2.25. The van der Waals surface area contributed by atoms with Gasteiger partial charge < -0.3 is 10.1 Å². The summed E-state index contributed by atoms with van der Waals surface area (Å²) in [5.41, 5.74) is 5.25. The van der Waals surface area contributed by atoms with Gasteiger partial charge in [0.2, 0.25) is 0 Å².